The van der Waals surface area contributed by atoms with Crippen LogP contribution in [0, 0.1) is 0 Å². The highest BCUT2D eigenvalue weighted by Crippen LogP contribution is 2.29. The molecule has 0 radical (unpaired) electrons. The van der Waals surface area contributed by atoms with Gasteiger partial charge in [-0.3, -0.25) is 4.79 Å². The molecule has 1 saturated heterocycles. The number of aliphatic hydroxyl groups is 1. The summed E-state index contributed by atoms with van der Waals surface area (Å²) in [6.45, 7) is -0.668. The smallest absolute Gasteiger partial charge is 0.389 e. The Bertz CT molecular complexity index is 665. The maximum Gasteiger partial charge on any atom is 0.471 e. The normalized spacial score (nSPS) is 18.7. The summed E-state index contributed by atoms with van der Waals surface area (Å²) in [5.41, 5.74) is -1.64. The molecular weight excluding hydrogens is 335 g/mol. The first-order valence-electron chi connectivity index (χ1n) is 6.90. The van der Waals surface area contributed by atoms with Crippen LogP contribution in [0.25, 0.3) is 0 Å². The number of likely N-dealkylation sites (tertiary alicyclic amines) is 1. The second kappa shape index (κ2) is 6.12. The molecular formula is C14H16F3NO4S. The predicted molar refractivity (Wildman–Crippen MR) is 75.3 cm³/mol. The average Bonchev–Trinajstić information content (AvgIpc) is 2.46. The Hall–Kier alpha value is -1.61. The first-order chi connectivity index (χ1) is 10.5. The highest BCUT2D eigenvalue weighted by Gasteiger charge is 2.46. The Morgan fingerprint density at radius 1 is 1.17 bits per heavy atom. The first kappa shape index (κ1) is 17.7. The SMILES string of the molecule is O=C(N1CCC(O)(CS(=O)(=O)c2ccccc2)CC1)C(F)(F)F. The summed E-state index contributed by atoms with van der Waals surface area (Å²) in [6.07, 6.45) is -5.41. The molecule has 1 aliphatic heterocycles. The Morgan fingerprint density at radius 3 is 2.17 bits per heavy atom. The average molecular weight is 351 g/mol. The van der Waals surface area contributed by atoms with E-state index in [9.17, 15) is 31.5 Å². The number of benzene rings is 1. The molecule has 0 unspecified atom stereocenters. The Morgan fingerprint density at radius 2 is 1.70 bits per heavy atom. The molecule has 1 heterocycles. The van der Waals surface area contributed by atoms with E-state index in [0.29, 0.717) is 4.90 Å². The molecule has 0 aliphatic carbocycles. The van der Waals surface area contributed by atoms with Crippen molar-refractivity contribution in [1.82, 2.24) is 4.90 Å². The number of sulfone groups is 1. The second-order valence-corrected chi connectivity index (χ2v) is 7.58. The number of nitrogens with zero attached hydrogens (tertiary/aromatic N) is 1. The topological polar surface area (TPSA) is 74.7 Å². The molecule has 9 heteroatoms. The molecule has 1 N–H and O–H groups in total. The van der Waals surface area contributed by atoms with Gasteiger partial charge in [0.15, 0.2) is 9.84 Å². The van der Waals surface area contributed by atoms with Crippen LogP contribution in [0.15, 0.2) is 35.2 Å². The third kappa shape index (κ3) is 4.23. The number of halogens is 3. The van der Waals surface area contributed by atoms with E-state index in [2.05, 4.69) is 0 Å². The maximum absolute atomic E-state index is 12.4. The molecule has 1 aliphatic rings. The molecule has 23 heavy (non-hydrogen) atoms. The third-order valence-electron chi connectivity index (χ3n) is 3.78. The van der Waals surface area contributed by atoms with Crippen LogP contribution in [-0.4, -0.2) is 55.0 Å². The van der Waals surface area contributed by atoms with Crippen LogP contribution >= 0.6 is 0 Å². The van der Waals surface area contributed by atoms with Crippen molar-refractivity contribution in [3.8, 4) is 0 Å². The van der Waals surface area contributed by atoms with Gasteiger partial charge in [0.25, 0.3) is 0 Å². The third-order valence-corrected chi connectivity index (χ3v) is 5.69. The van der Waals surface area contributed by atoms with Crippen molar-refractivity contribution >= 4 is 15.7 Å². The minimum absolute atomic E-state index is 0.0437. The fraction of sp³-hybridized carbons (Fsp3) is 0.500. The van der Waals surface area contributed by atoms with Gasteiger partial charge in [0.2, 0.25) is 0 Å². The largest absolute Gasteiger partial charge is 0.471 e. The zero-order chi connectivity index (χ0) is 17.3. The number of amides is 1. The molecule has 1 fully saturated rings. The summed E-state index contributed by atoms with van der Waals surface area (Å²) in [6, 6.07) is 7.51. The van der Waals surface area contributed by atoms with Gasteiger partial charge >= 0.3 is 12.1 Å². The molecule has 0 atom stereocenters. The van der Waals surface area contributed by atoms with Crippen molar-refractivity contribution in [2.75, 3.05) is 18.8 Å². The van der Waals surface area contributed by atoms with E-state index in [0.717, 1.165) is 0 Å². The predicted octanol–water partition coefficient (Wildman–Crippen LogP) is 1.38. The summed E-state index contributed by atoms with van der Waals surface area (Å²) in [4.78, 5) is 11.8. The van der Waals surface area contributed by atoms with Crippen LogP contribution in [0.2, 0.25) is 0 Å². The molecule has 1 amide bonds. The van der Waals surface area contributed by atoms with Gasteiger partial charge in [-0.05, 0) is 25.0 Å². The van der Waals surface area contributed by atoms with Gasteiger partial charge in [0, 0.05) is 13.1 Å². The quantitative estimate of drug-likeness (QED) is 0.893. The molecule has 0 bridgehead atoms. The number of hydrogen-bond donors (Lipinski definition) is 1. The number of rotatable bonds is 3. The van der Waals surface area contributed by atoms with Crippen molar-refractivity contribution < 1.29 is 31.5 Å². The van der Waals surface area contributed by atoms with Crippen LogP contribution in [0.4, 0.5) is 13.2 Å². The van der Waals surface area contributed by atoms with Crippen molar-refractivity contribution in [2.24, 2.45) is 0 Å². The number of carbonyl (C=O) groups excluding carboxylic acids is 1. The van der Waals surface area contributed by atoms with Crippen molar-refractivity contribution in [1.29, 1.82) is 0 Å². The van der Waals surface area contributed by atoms with Crippen LogP contribution in [-0.2, 0) is 14.6 Å². The molecule has 0 spiro atoms. The van der Waals surface area contributed by atoms with Gasteiger partial charge < -0.3 is 10.0 Å². The Balaban J connectivity index is 2.05. The standard InChI is InChI=1S/C14H16F3NO4S/c15-14(16,17)12(19)18-8-6-13(20,7-9-18)10-23(21,22)11-4-2-1-3-5-11/h1-5,20H,6-10H2. The number of hydrogen-bond acceptors (Lipinski definition) is 4. The van der Waals surface area contributed by atoms with Gasteiger partial charge in [-0.1, -0.05) is 18.2 Å². The van der Waals surface area contributed by atoms with Gasteiger partial charge in [0.05, 0.1) is 16.2 Å². The lowest BCUT2D eigenvalue weighted by Gasteiger charge is -2.38. The lowest BCUT2D eigenvalue weighted by Crippen LogP contribution is -2.52. The fourth-order valence-corrected chi connectivity index (χ4v) is 4.25. The van der Waals surface area contributed by atoms with E-state index in [4.69, 9.17) is 0 Å². The van der Waals surface area contributed by atoms with E-state index < -0.39 is 33.3 Å². The van der Waals surface area contributed by atoms with Crippen LogP contribution < -0.4 is 0 Å². The van der Waals surface area contributed by atoms with E-state index in [-0.39, 0.29) is 30.8 Å². The highest BCUT2D eigenvalue weighted by molar-refractivity contribution is 7.91. The lowest BCUT2D eigenvalue weighted by atomic mass is 9.93. The molecule has 1 aromatic carbocycles. The number of piperidine rings is 1. The van der Waals surface area contributed by atoms with Gasteiger partial charge in [0.1, 0.15) is 0 Å². The van der Waals surface area contributed by atoms with Crippen molar-refractivity contribution in [3.63, 3.8) is 0 Å². The van der Waals surface area contributed by atoms with Crippen molar-refractivity contribution in [3.05, 3.63) is 30.3 Å². The van der Waals surface area contributed by atoms with E-state index in [1.807, 2.05) is 0 Å². The monoisotopic (exact) mass is 351 g/mol. The molecule has 2 rings (SSSR count). The minimum atomic E-state index is -4.97. The lowest BCUT2D eigenvalue weighted by molar-refractivity contribution is -0.188. The molecule has 0 saturated carbocycles. The summed E-state index contributed by atoms with van der Waals surface area (Å²) in [5.74, 6) is -2.55. The Kier molecular flexibility index (Phi) is 4.72. The number of alkyl halides is 3. The van der Waals surface area contributed by atoms with E-state index >= 15 is 0 Å². The summed E-state index contributed by atoms with van der Waals surface area (Å²) in [7, 11) is -3.76. The number of carbonyl (C=O) groups is 1. The Labute approximate surface area is 131 Å². The van der Waals surface area contributed by atoms with Crippen LogP contribution in [0.3, 0.4) is 0 Å². The van der Waals surface area contributed by atoms with Crippen LogP contribution in [0.1, 0.15) is 12.8 Å². The second-order valence-electron chi connectivity index (χ2n) is 5.59. The summed E-state index contributed by atoms with van der Waals surface area (Å²) in [5, 5.41) is 10.4. The van der Waals surface area contributed by atoms with E-state index in [1.54, 1.807) is 18.2 Å². The molecule has 1 aromatic rings. The van der Waals surface area contributed by atoms with Crippen LogP contribution in [0.5, 0.6) is 0 Å². The fourth-order valence-electron chi connectivity index (χ4n) is 2.51. The first-order valence-corrected chi connectivity index (χ1v) is 8.55. The highest BCUT2D eigenvalue weighted by atomic mass is 32.2. The zero-order valence-corrected chi connectivity index (χ0v) is 12.9. The summed E-state index contributed by atoms with van der Waals surface area (Å²) < 4.78 is 61.6. The summed E-state index contributed by atoms with van der Waals surface area (Å²) >= 11 is 0. The molecule has 128 valence electrons. The van der Waals surface area contributed by atoms with Gasteiger partial charge in [-0.2, -0.15) is 13.2 Å². The van der Waals surface area contributed by atoms with E-state index in [1.165, 1.54) is 12.1 Å². The van der Waals surface area contributed by atoms with Gasteiger partial charge in [-0.25, -0.2) is 8.42 Å². The zero-order valence-electron chi connectivity index (χ0n) is 12.1. The molecule has 5 nitrogen and oxygen atoms in total. The molecule has 0 aromatic heterocycles. The maximum atomic E-state index is 12.4. The van der Waals surface area contributed by atoms with Crippen molar-refractivity contribution in [2.45, 2.75) is 29.5 Å². The minimum Gasteiger partial charge on any atom is -0.389 e. The van der Waals surface area contributed by atoms with Gasteiger partial charge in [-0.15, -0.1) is 0 Å².